The summed E-state index contributed by atoms with van der Waals surface area (Å²) in [6.07, 6.45) is 3.71. The highest BCUT2D eigenvalue weighted by Crippen LogP contribution is 2.22. The number of aryl methyl sites for hydroxylation is 1. The quantitative estimate of drug-likeness (QED) is 0.600. The third-order valence-electron chi connectivity index (χ3n) is 2.69. The lowest BCUT2D eigenvalue weighted by Crippen LogP contribution is -1.92. The van der Waals surface area contributed by atoms with E-state index in [4.69, 9.17) is 0 Å². The van der Waals surface area contributed by atoms with Gasteiger partial charge in [-0.2, -0.15) is 0 Å². The predicted octanol–water partition coefficient (Wildman–Crippen LogP) is 2.60. The van der Waals surface area contributed by atoms with Crippen LogP contribution in [0, 0.1) is 0 Å². The Morgan fingerprint density at radius 1 is 1.13 bits per heavy atom. The standard InChI is InChI=1S/C12H11N3/c1-2-15-8-14-11-7-13-10-6-4-3-5-9(10)12(11)15/h3-8H,2H2,1H3. The van der Waals surface area contributed by atoms with Gasteiger partial charge >= 0.3 is 0 Å². The summed E-state index contributed by atoms with van der Waals surface area (Å²) >= 11 is 0. The van der Waals surface area contributed by atoms with Crippen molar-refractivity contribution in [3.05, 3.63) is 36.8 Å². The van der Waals surface area contributed by atoms with Gasteiger partial charge in [-0.3, -0.25) is 4.98 Å². The summed E-state index contributed by atoms with van der Waals surface area (Å²) < 4.78 is 2.15. The fraction of sp³-hybridized carbons (Fsp3) is 0.167. The summed E-state index contributed by atoms with van der Waals surface area (Å²) in [5.41, 5.74) is 3.18. The average molecular weight is 197 g/mol. The molecule has 74 valence electrons. The molecule has 1 aromatic carbocycles. The van der Waals surface area contributed by atoms with Gasteiger partial charge in [-0.1, -0.05) is 18.2 Å². The fourth-order valence-corrected chi connectivity index (χ4v) is 1.94. The summed E-state index contributed by atoms with van der Waals surface area (Å²) in [6.45, 7) is 3.06. The van der Waals surface area contributed by atoms with Crippen molar-refractivity contribution in [2.24, 2.45) is 0 Å². The molecular weight excluding hydrogens is 186 g/mol. The largest absolute Gasteiger partial charge is 0.330 e. The van der Waals surface area contributed by atoms with Gasteiger partial charge in [0.25, 0.3) is 0 Å². The van der Waals surface area contributed by atoms with Gasteiger partial charge in [-0.15, -0.1) is 0 Å². The Bertz CT molecular complexity index is 625. The molecule has 3 aromatic rings. The number of benzene rings is 1. The Morgan fingerprint density at radius 3 is 2.87 bits per heavy atom. The molecule has 2 heterocycles. The maximum Gasteiger partial charge on any atom is 0.107 e. The summed E-state index contributed by atoms with van der Waals surface area (Å²) in [7, 11) is 0. The van der Waals surface area contributed by atoms with Gasteiger partial charge in [-0.25, -0.2) is 4.98 Å². The van der Waals surface area contributed by atoms with Gasteiger partial charge in [0.15, 0.2) is 0 Å². The molecule has 3 nitrogen and oxygen atoms in total. The average Bonchev–Trinajstić information content (AvgIpc) is 2.72. The molecule has 3 rings (SSSR count). The number of para-hydroxylation sites is 1. The van der Waals surface area contributed by atoms with Crippen LogP contribution in [-0.2, 0) is 6.54 Å². The van der Waals surface area contributed by atoms with Crippen LogP contribution >= 0.6 is 0 Å². The first-order chi connectivity index (χ1) is 7.40. The van der Waals surface area contributed by atoms with Gasteiger partial charge in [0.05, 0.1) is 23.6 Å². The van der Waals surface area contributed by atoms with E-state index >= 15 is 0 Å². The van der Waals surface area contributed by atoms with Gasteiger partial charge in [-0.05, 0) is 13.0 Å². The van der Waals surface area contributed by atoms with Crippen molar-refractivity contribution in [1.82, 2.24) is 14.5 Å². The van der Waals surface area contributed by atoms with Crippen molar-refractivity contribution in [3.8, 4) is 0 Å². The van der Waals surface area contributed by atoms with E-state index in [1.165, 1.54) is 10.9 Å². The van der Waals surface area contributed by atoms with Crippen molar-refractivity contribution in [2.75, 3.05) is 0 Å². The van der Waals surface area contributed by atoms with E-state index in [1.54, 1.807) is 0 Å². The van der Waals surface area contributed by atoms with E-state index in [9.17, 15) is 0 Å². The number of hydrogen-bond donors (Lipinski definition) is 0. The topological polar surface area (TPSA) is 30.7 Å². The first-order valence-corrected chi connectivity index (χ1v) is 5.08. The number of pyridine rings is 1. The minimum absolute atomic E-state index is 0.935. The lowest BCUT2D eigenvalue weighted by molar-refractivity contribution is 0.789. The molecule has 0 aliphatic heterocycles. The second-order valence-electron chi connectivity index (χ2n) is 3.54. The van der Waals surface area contributed by atoms with Crippen LogP contribution < -0.4 is 0 Å². The minimum atomic E-state index is 0.935. The molecule has 0 fully saturated rings. The van der Waals surface area contributed by atoms with Gasteiger partial charge in [0.2, 0.25) is 0 Å². The van der Waals surface area contributed by atoms with E-state index < -0.39 is 0 Å². The minimum Gasteiger partial charge on any atom is -0.330 e. The van der Waals surface area contributed by atoms with Crippen LogP contribution in [0.2, 0.25) is 0 Å². The Labute approximate surface area is 87.4 Å². The normalized spacial score (nSPS) is 11.3. The van der Waals surface area contributed by atoms with Gasteiger partial charge in [0.1, 0.15) is 5.52 Å². The first kappa shape index (κ1) is 8.41. The number of aromatic nitrogens is 3. The molecule has 3 heteroatoms. The lowest BCUT2D eigenvalue weighted by Gasteiger charge is -2.02. The zero-order valence-corrected chi connectivity index (χ0v) is 8.51. The van der Waals surface area contributed by atoms with Crippen LogP contribution in [0.1, 0.15) is 6.92 Å². The van der Waals surface area contributed by atoms with Crippen LogP contribution in [0.5, 0.6) is 0 Å². The molecule has 0 aliphatic rings. The number of imidazole rings is 1. The molecule has 2 aromatic heterocycles. The molecule has 0 N–H and O–H groups in total. The smallest absolute Gasteiger partial charge is 0.107 e. The highest BCUT2D eigenvalue weighted by atomic mass is 15.0. The van der Waals surface area contributed by atoms with Gasteiger partial charge in [0, 0.05) is 11.9 Å². The summed E-state index contributed by atoms with van der Waals surface area (Å²) in [4.78, 5) is 8.72. The van der Waals surface area contributed by atoms with Crippen molar-refractivity contribution >= 4 is 21.9 Å². The maximum absolute atomic E-state index is 4.38. The summed E-state index contributed by atoms with van der Waals surface area (Å²) in [5.74, 6) is 0. The molecule has 0 aliphatic carbocycles. The first-order valence-electron chi connectivity index (χ1n) is 5.08. The third kappa shape index (κ3) is 1.13. The predicted molar refractivity (Wildman–Crippen MR) is 60.7 cm³/mol. The molecule has 0 radical (unpaired) electrons. The zero-order valence-electron chi connectivity index (χ0n) is 8.51. The van der Waals surface area contributed by atoms with Crippen molar-refractivity contribution in [2.45, 2.75) is 13.5 Å². The van der Waals surface area contributed by atoms with Crippen LogP contribution in [0.3, 0.4) is 0 Å². The van der Waals surface area contributed by atoms with E-state index in [0.29, 0.717) is 0 Å². The fourth-order valence-electron chi connectivity index (χ4n) is 1.94. The zero-order chi connectivity index (χ0) is 10.3. The van der Waals surface area contributed by atoms with E-state index in [2.05, 4.69) is 27.5 Å². The highest BCUT2D eigenvalue weighted by molar-refractivity contribution is 6.01. The van der Waals surface area contributed by atoms with Crippen molar-refractivity contribution in [3.63, 3.8) is 0 Å². The molecule has 0 amide bonds. The summed E-state index contributed by atoms with van der Waals surface area (Å²) in [6, 6.07) is 8.17. The Kier molecular flexibility index (Phi) is 1.71. The molecular formula is C12H11N3. The highest BCUT2D eigenvalue weighted by Gasteiger charge is 2.05. The molecule has 0 saturated carbocycles. The maximum atomic E-state index is 4.38. The van der Waals surface area contributed by atoms with Crippen molar-refractivity contribution < 1.29 is 0 Å². The molecule has 15 heavy (non-hydrogen) atoms. The number of nitrogens with zero attached hydrogens (tertiary/aromatic N) is 3. The number of fused-ring (bicyclic) bond motifs is 3. The molecule has 0 saturated heterocycles. The van der Waals surface area contributed by atoms with Crippen LogP contribution in [0.4, 0.5) is 0 Å². The Morgan fingerprint density at radius 2 is 2.00 bits per heavy atom. The molecule has 0 bridgehead atoms. The second kappa shape index (κ2) is 3.05. The van der Waals surface area contributed by atoms with Crippen molar-refractivity contribution in [1.29, 1.82) is 0 Å². The van der Waals surface area contributed by atoms with E-state index in [1.807, 2.05) is 30.7 Å². The molecule has 0 unspecified atom stereocenters. The van der Waals surface area contributed by atoms with Gasteiger partial charge < -0.3 is 4.57 Å². The molecule has 0 spiro atoms. The Balaban J connectivity index is 2.56. The lowest BCUT2D eigenvalue weighted by atomic mass is 10.2. The number of rotatable bonds is 1. The van der Waals surface area contributed by atoms with Crippen LogP contribution in [0.15, 0.2) is 36.8 Å². The number of hydrogen-bond acceptors (Lipinski definition) is 2. The molecule has 0 atom stereocenters. The monoisotopic (exact) mass is 197 g/mol. The van der Waals surface area contributed by atoms with E-state index in [0.717, 1.165) is 17.6 Å². The SMILES string of the molecule is CCn1cnc2cnc3ccccc3c21. The second-order valence-corrected chi connectivity index (χ2v) is 3.54. The summed E-state index contributed by atoms with van der Waals surface area (Å²) in [5, 5.41) is 1.18. The Hall–Kier alpha value is -1.90. The third-order valence-corrected chi connectivity index (χ3v) is 2.69. The van der Waals surface area contributed by atoms with E-state index in [-0.39, 0.29) is 0 Å². The van der Waals surface area contributed by atoms with Crippen LogP contribution in [-0.4, -0.2) is 14.5 Å². The van der Waals surface area contributed by atoms with Crippen LogP contribution in [0.25, 0.3) is 21.9 Å².